The molecule has 1 saturated heterocycles. The second-order valence-corrected chi connectivity index (χ2v) is 6.20. The minimum atomic E-state index is -0.679. The highest BCUT2D eigenvalue weighted by atomic mass is 16.5. The summed E-state index contributed by atoms with van der Waals surface area (Å²) in [5, 5.41) is 10.8. The molecule has 21 heavy (non-hydrogen) atoms. The van der Waals surface area contributed by atoms with E-state index in [1.807, 2.05) is 32.0 Å². The standard InChI is InChI=1S/C15H26N4O2/c1-12-8-14(17-13(16-12)9-21-4)19-7-5-6-15(20,11-19)10-18(2)3/h8,20H,5-7,9-11H2,1-4H3. The number of aromatic nitrogens is 2. The van der Waals surface area contributed by atoms with Crippen LogP contribution < -0.4 is 4.90 Å². The van der Waals surface area contributed by atoms with E-state index in [2.05, 4.69) is 14.9 Å². The first-order valence-electron chi connectivity index (χ1n) is 7.37. The fourth-order valence-electron chi connectivity index (χ4n) is 2.99. The first-order valence-corrected chi connectivity index (χ1v) is 7.37. The van der Waals surface area contributed by atoms with Crippen molar-refractivity contribution in [3.63, 3.8) is 0 Å². The molecule has 1 atom stereocenters. The number of rotatable bonds is 5. The average molecular weight is 294 g/mol. The van der Waals surface area contributed by atoms with Crippen LogP contribution >= 0.6 is 0 Å². The van der Waals surface area contributed by atoms with Crippen LogP contribution in [0.4, 0.5) is 5.82 Å². The van der Waals surface area contributed by atoms with Gasteiger partial charge in [0.2, 0.25) is 0 Å². The third-order valence-corrected chi connectivity index (χ3v) is 3.65. The molecule has 118 valence electrons. The average Bonchev–Trinajstić information content (AvgIpc) is 2.37. The summed E-state index contributed by atoms with van der Waals surface area (Å²) in [6, 6.07) is 1.97. The molecule has 6 heteroatoms. The number of methoxy groups -OCH3 is 1. The quantitative estimate of drug-likeness (QED) is 0.868. The van der Waals surface area contributed by atoms with E-state index in [9.17, 15) is 5.11 Å². The van der Waals surface area contributed by atoms with Crippen LogP contribution in [0.1, 0.15) is 24.4 Å². The maximum absolute atomic E-state index is 10.8. The summed E-state index contributed by atoms with van der Waals surface area (Å²) in [6.45, 7) is 4.55. The lowest BCUT2D eigenvalue weighted by molar-refractivity contribution is 0.00349. The predicted molar refractivity (Wildman–Crippen MR) is 82.4 cm³/mol. The van der Waals surface area contributed by atoms with E-state index in [0.717, 1.165) is 30.9 Å². The van der Waals surface area contributed by atoms with E-state index in [1.54, 1.807) is 7.11 Å². The van der Waals surface area contributed by atoms with E-state index in [4.69, 9.17) is 4.74 Å². The second kappa shape index (κ2) is 6.68. The predicted octanol–water partition coefficient (Wildman–Crippen LogP) is 0.824. The van der Waals surface area contributed by atoms with Crippen LogP contribution in [0.25, 0.3) is 0 Å². The maximum atomic E-state index is 10.8. The monoisotopic (exact) mass is 294 g/mol. The number of aryl methyl sites for hydroxylation is 1. The molecule has 6 nitrogen and oxygen atoms in total. The third kappa shape index (κ3) is 4.36. The van der Waals surface area contributed by atoms with Gasteiger partial charge in [0.15, 0.2) is 5.82 Å². The summed E-state index contributed by atoms with van der Waals surface area (Å²) < 4.78 is 5.12. The van der Waals surface area contributed by atoms with Crippen LogP contribution in [-0.4, -0.2) is 66.4 Å². The van der Waals surface area contributed by atoms with Gasteiger partial charge in [-0.3, -0.25) is 0 Å². The van der Waals surface area contributed by atoms with Gasteiger partial charge in [-0.2, -0.15) is 0 Å². The van der Waals surface area contributed by atoms with Gasteiger partial charge in [-0.05, 0) is 33.9 Å². The third-order valence-electron chi connectivity index (χ3n) is 3.65. The molecular weight excluding hydrogens is 268 g/mol. The van der Waals surface area contributed by atoms with Gasteiger partial charge in [-0.1, -0.05) is 0 Å². The Hall–Kier alpha value is -1.24. The Kier molecular flexibility index (Phi) is 5.13. The van der Waals surface area contributed by atoms with Gasteiger partial charge in [0.1, 0.15) is 12.4 Å². The Morgan fingerprint density at radius 3 is 2.86 bits per heavy atom. The summed E-state index contributed by atoms with van der Waals surface area (Å²) >= 11 is 0. The van der Waals surface area contributed by atoms with Gasteiger partial charge in [0.25, 0.3) is 0 Å². The van der Waals surface area contributed by atoms with Crippen LogP contribution in [0.2, 0.25) is 0 Å². The molecule has 2 rings (SSSR count). The van der Waals surface area contributed by atoms with Crippen molar-refractivity contribution in [2.75, 3.05) is 45.7 Å². The molecule has 1 N–H and O–H groups in total. The molecule has 0 amide bonds. The van der Waals surface area contributed by atoms with Crippen molar-refractivity contribution in [3.8, 4) is 0 Å². The molecule has 2 heterocycles. The first kappa shape index (κ1) is 16.1. The minimum Gasteiger partial charge on any atom is -0.387 e. The zero-order chi connectivity index (χ0) is 15.5. The lowest BCUT2D eigenvalue weighted by Crippen LogP contribution is -2.53. The summed E-state index contributed by atoms with van der Waals surface area (Å²) in [5.41, 5.74) is 0.246. The van der Waals surface area contributed by atoms with Crippen molar-refractivity contribution >= 4 is 5.82 Å². The van der Waals surface area contributed by atoms with E-state index in [1.165, 1.54) is 0 Å². The van der Waals surface area contributed by atoms with Gasteiger partial charge in [-0.15, -0.1) is 0 Å². The number of likely N-dealkylation sites (N-methyl/N-ethyl adjacent to an activating group) is 1. The molecule has 0 saturated carbocycles. The fourth-order valence-corrected chi connectivity index (χ4v) is 2.99. The number of hydrogen-bond donors (Lipinski definition) is 1. The summed E-state index contributed by atoms with van der Waals surface area (Å²) in [4.78, 5) is 13.1. The number of aliphatic hydroxyl groups is 1. The Morgan fingerprint density at radius 1 is 1.43 bits per heavy atom. The number of anilines is 1. The molecule has 1 unspecified atom stereocenters. The molecule has 0 radical (unpaired) electrons. The normalized spacial score (nSPS) is 22.9. The van der Waals surface area contributed by atoms with Crippen LogP contribution in [-0.2, 0) is 11.3 Å². The van der Waals surface area contributed by atoms with E-state index >= 15 is 0 Å². The molecule has 1 aromatic rings. The minimum absolute atomic E-state index is 0.407. The van der Waals surface area contributed by atoms with Crippen LogP contribution in [0.5, 0.6) is 0 Å². The molecule has 1 aromatic heterocycles. The van der Waals surface area contributed by atoms with Gasteiger partial charge < -0.3 is 19.6 Å². The molecular formula is C15H26N4O2. The summed E-state index contributed by atoms with van der Waals surface area (Å²) in [7, 11) is 5.62. The molecule has 1 aliphatic rings. The Morgan fingerprint density at radius 2 is 2.19 bits per heavy atom. The maximum Gasteiger partial charge on any atom is 0.156 e. The number of β-amino-alcohol motifs (C(OH)–C–C–N with tert-alkyl or cyclic N) is 1. The van der Waals surface area contributed by atoms with Gasteiger partial charge >= 0.3 is 0 Å². The van der Waals surface area contributed by atoms with Crippen LogP contribution in [0.3, 0.4) is 0 Å². The van der Waals surface area contributed by atoms with Crippen molar-refractivity contribution in [2.24, 2.45) is 0 Å². The molecule has 1 aliphatic heterocycles. The van der Waals surface area contributed by atoms with Gasteiger partial charge in [-0.25, -0.2) is 9.97 Å². The molecule has 0 bridgehead atoms. The van der Waals surface area contributed by atoms with E-state index in [-0.39, 0.29) is 0 Å². The van der Waals surface area contributed by atoms with Crippen LogP contribution in [0.15, 0.2) is 6.07 Å². The van der Waals surface area contributed by atoms with E-state index < -0.39 is 5.60 Å². The van der Waals surface area contributed by atoms with Crippen molar-refractivity contribution in [1.29, 1.82) is 0 Å². The number of nitrogens with zero attached hydrogens (tertiary/aromatic N) is 4. The highest BCUT2D eigenvalue weighted by molar-refractivity contribution is 5.41. The topological polar surface area (TPSA) is 61.7 Å². The Bertz CT molecular complexity index is 481. The highest BCUT2D eigenvalue weighted by Crippen LogP contribution is 2.25. The van der Waals surface area contributed by atoms with Gasteiger partial charge in [0, 0.05) is 38.5 Å². The van der Waals surface area contributed by atoms with Crippen molar-refractivity contribution in [1.82, 2.24) is 14.9 Å². The Labute approximate surface area is 126 Å². The number of hydrogen-bond acceptors (Lipinski definition) is 6. The molecule has 0 aliphatic carbocycles. The second-order valence-electron chi connectivity index (χ2n) is 6.20. The largest absolute Gasteiger partial charge is 0.387 e. The lowest BCUT2D eigenvalue weighted by Gasteiger charge is -2.41. The first-order chi connectivity index (χ1) is 9.92. The Balaban J connectivity index is 2.17. The smallest absolute Gasteiger partial charge is 0.156 e. The summed E-state index contributed by atoms with van der Waals surface area (Å²) in [6.07, 6.45) is 1.80. The highest BCUT2D eigenvalue weighted by Gasteiger charge is 2.34. The van der Waals surface area contributed by atoms with Crippen LogP contribution in [0, 0.1) is 6.92 Å². The number of ether oxygens (including phenoxy) is 1. The van der Waals surface area contributed by atoms with Crippen molar-refractivity contribution < 1.29 is 9.84 Å². The molecule has 1 fully saturated rings. The fraction of sp³-hybridized carbons (Fsp3) is 0.733. The molecule has 0 spiro atoms. The zero-order valence-corrected chi connectivity index (χ0v) is 13.5. The van der Waals surface area contributed by atoms with Crippen molar-refractivity contribution in [3.05, 3.63) is 17.6 Å². The molecule has 0 aromatic carbocycles. The summed E-state index contributed by atoms with van der Waals surface area (Å²) in [5.74, 6) is 1.57. The lowest BCUT2D eigenvalue weighted by atomic mass is 9.92. The SMILES string of the molecule is COCc1nc(C)cc(N2CCCC(O)(CN(C)C)C2)n1. The van der Waals surface area contributed by atoms with E-state index in [0.29, 0.717) is 25.5 Å². The van der Waals surface area contributed by atoms with Crippen molar-refractivity contribution in [2.45, 2.75) is 32.0 Å². The zero-order valence-electron chi connectivity index (χ0n) is 13.5. The van der Waals surface area contributed by atoms with Gasteiger partial charge in [0.05, 0.1) is 5.60 Å². The number of piperidine rings is 1.